The first kappa shape index (κ1) is 14.0. The molecule has 5 heteroatoms. The minimum absolute atomic E-state index is 0.299. The topological polar surface area (TPSA) is 30.3 Å². The van der Waals surface area contributed by atoms with Crippen molar-refractivity contribution in [3.8, 4) is 0 Å². The summed E-state index contributed by atoms with van der Waals surface area (Å²) in [5.41, 5.74) is 2.46. The Labute approximate surface area is 117 Å². The average Bonchev–Trinajstić information content (AvgIpc) is 2.69. The first-order valence-corrected chi connectivity index (χ1v) is 7.70. The smallest absolute Gasteiger partial charge is 0.0802 e. The van der Waals surface area contributed by atoms with Crippen molar-refractivity contribution in [2.75, 3.05) is 18.4 Å². The van der Waals surface area contributed by atoms with Crippen LogP contribution in [0.5, 0.6) is 0 Å². The molecule has 1 aliphatic heterocycles. The highest BCUT2D eigenvalue weighted by Crippen LogP contribution is 2.16. The predicted octanol–water partition coefficient (Wildman–Crippen LogP) is 1.97. The molecule has 102 valence electrons. The molecule has 0 aliphatic carbocycles. The van der Waals surface area contributed by atoms with Crippen LogP contribution in [0.2, 0.25) is 0 Å². The van der Waals surface area contributed by atoms with Crippen molar-refractivity contribution in [3.63, 3.8) is 0 Å². The zero-order chi connectivity index (χ0) is 13.1. The summed E-state index contributed by atoms with van der Waals surface area (Å²) in [4.78, 5) is 2.45. The van der Waals surface area contributed by atoms with Crippen LogP contribution in [0, 0.1) is 0 Å². The van der Waals surface area contributed by atoms with E-state index >= 15 is 0 Å². The number of hydrogen-bond donors (Lipinski definition) is 0. The SMILES string of the molecule is CCc1cc(CN2CC(C)OC(CBr)C2)n(C)n1. The van der Waals surface area contributed by atoms with Crippen LogP contribution in [0.4, 0.5) is 0 Å². The van der Waals surface area contributed by atoms with E-state index < -0.39 is 0 Å². The monoisotopic (exact) mass is 315 g/mol. The van der Waals surface area contributed by atoms with Gasteiger partial charge in [-0.3, -0.25) is 9.58 Å². The second-order valence-corrected chi connectivity index (χ2v) is 5.67. The van der Waals surface area contributed by atoms with Gasteiger partial charge in [0.15, 0.2) is 0 Å². The quantitative estimate of drug-likeness (QED) is 0.796. The average molecular weight is 316 g/mol. The lowest BCUT2D eigenvalue weighted by atomic mass is 10.2. The zero-order valence-electron chi connectivity index (χ0n) is 11.4. The van der Waals surface area contributed by atoms with Crippen molar-refractivity contribution in [3.05, 3.63) is 17.5 Å². The summed E-state index contributed by atoms with van der Waals surface area (Å²) >= 11 is 3.51. The van der Waals surface area contributed by atoms with Crippen molar-refractivity contribution < 1.29 is 4.74 Å². The number of hydrogen-bond acceptors (Lipinski definition) is 3. The lowest BCUT2D eigenvalue weighted by Gasteiger charge is -2.36. The molecule has 0 aromatic carbocycles. The predicted molar refractivity (Wildman–Crippen MR) is 76.0 cm³/mol. The number of halogens is 1. The molecule has 2 unspecified atom stereocenters. The van der Waals surface area contributed by atoms with Gasteiger partial charge in [0, 0.05) is 32.0 Å². The lowest BCUT2D eigenvalue weighted by Crippen LogP contribution is -2.46. The van der Waals surface area contributed by atoms with Crippen molar-refractivity contribution in [2.24, 2.45) is 7.05 Å². The van der Waals surface area contributed by atoms with Crippen LogP contribution >= 0.6 is 15.9 Å². The van der Waals surface area contributed by atoms with Gasteiger partial charge < -0.3 is 4.74 Å². The minimum atomic E-state index is 0.299. The summed E-state index contributed by atoms with van der Waals surface area (Å²) < 4.78 is 7.85. The van der Waals surface area contributed by atoms with Gasteiger partial charge in [-0.15, -0.1) is 0 Å². The molecule has 1 aliphatic rings. The molecule has 0 amide bonds. The van der Waals surface area contributed by atoms with E-state index in [0.29, 0.717) is 12.2 Å². The number of rotatable bonds is 4. The number of nitrogens with zero attached hydrogens (tertiary/aromatic N) is 3. The Morgan fingerprint density at radius 1 is 1.50 bits per heavy atom. The number of alkyl halides is 1. The molecule has 1 aromatic rings. The summed E-state index contributed by atoms with van der Waals surface area (Å²) in [6.45, 7) is 7.23. The number of morpholine rings is 1. The molecule has 2 atom stereocenters. The lowest BCUT2D eigenvalue weighted by molar-refractivity contribution is -0.0683. The van der Waals surface area contributed by atoms with E-state index in [0.717, 1.165) is 31.4 Å². The third kappa shape index (κ3) is 3.33. The van der Waals surface area contributed by atoms with Crippen molar-refractivity contribution in [1.29, 1.82) is 0 Å². The standard InChI is InChI=1S/C13H22BrN3O/c1-4-11-5-12(16(3)15-11)8-17-7-10(2)18-13(6-14)9-17/h5,10,13H,4,6-9H2,1-3H3. The molecule has 2 heterocycles. The third-order valence-corrected chi connectivity index (χ3v) is 4.07. The van der Waals surface area contributed by atoms with Gasteiger partial charge >= 0.3 is 0 Å². The Morgan fingerprint density at radius 3 is 2.89 bits per heavy atom. The van der Waals surface area contributed by atoms with Crippen molar-refractivity contribution in [1.82, 2.24) is 14.7 Å². The maximum Gasteiger partial charge on any atom is 0.0802 e. The first-order chi connectivity index (χ1) is 8.62. The van der Waals surface area contributed by atoms with E-state index in [2.05, 4.69) is 45.8 Å². The molecular weight excluding hydrogens is 294 g/mol. The minimum Gasteiger partial charge on any atom is -0.372 e. The van der Waals surface area contributed by atoms with E-state index in [9.17, 15) is 0 Å². The van der Waals surface area contributed by atoms with Crippen LogP contribution in [0.15, 0.2) is 6.07 Å². The summed E-state index contributed by atoms with van der Waals surface area (Å²) in [7, 11) is 2.03. The number of ether oxygens (including phenoxy) is 1. The summed E-state index contributed by atoms with van der Waals surface area (Å²) in [5.74, 6) is 0. The second kappa shape index (κ2) is 6.17. The molecule has 1 saturated heterocycles. The van der Waals surface area contributed by atoms with Gasteiger partial charge in [-0.05, 0) is 19.4 Å². The maximum absolute atomic E-state index is 5.85. The fourth-order valence-electron chi connectivity index (χ4n) is 2.48. The molecule has 1 fully saturated rings. The van der Waals surface area contributed by atoms with Gasteiger partial charge in [-0.2, -0.15) is 5.10 Å². The second-order valence-electron chi connectivity index (χ2n) is 5.02. The third-order valence-electron chi connectivity index (χ3n) is 3.35. The van der Waals surface area contributed by atoms with E-state index in [1.807, 2.05) is 11.7 Å². The fourth-order valence-corrected chi connectivity index (χ4v) is 2.83. The van der Waals surface area contributed by atoms with Gasteiger partial charge in [0.05, 0.1) is 23.6 Å². The van der Waals surface area contributed by atoms with Crippen LogP contribution in [0.25, 0.3) is 0 Å². The van der Waals surface area contributed by atoms with Gasteiger partial charge in [-0.25, -0.2) is 0 Å². The van der Waals surface area contributed by atoms with Crippen LogP contribution in [-0.4, -0.2) is 45.3 Å². The molecule has 0 radical (unpaired) electrons. The zero-order valence-corrected chi connectivity index (χ0v) is 13.0. The highest BCUT2D eigenvalue weighted by molar-refractivity contribution is 9.09. The van der Waals surface area contributed by atoms with E-state index in [-0.39, 0.29) is 0 Å². The molecule has 2 rings (SSSR count). The number of aromatic nitrogens is 2. The van der Waals surface area contributed by atoms with Gasteiger partial charge in [0.2, 0.25) is 0 Å². The first-order valence-electron chi connectivity index (χ1n) is 6.58. The normalized spacial score (nSPS) is 25.6. The molecule has 18 heavy (non-hydrogen) atoms. The molecule has 0 N–H and O–H groups in total. The molecule has 0 spiro atoms. The van der Waals surface area contributed by atoms with Crippen LogP contribution < -0.4 is 0 Å². The molecule has 1 aromatic heterocycles. The summed E-state index contributed by atoms with van der Waals surface area (Å²) in [6.07, 6.45) is 1.60. The van der Waals surface area contributed by atoms with Crippen LogP contribution in [0.3, 0.4) is 0 Å². The Morgan fingerprint density at radius 2 is 2.28 bits per heavy atom. The Hall–Kier alpha value is -0.390. The van der Waals surface area contributed by atoms with Gasteiger partial charge in [0.1, 0.15) is 0 Å². The largest absolute Gasteiger partial charge is 0.372 e. The summed E-state index contributed by atoms with van der Waals surface area (Å²) in [6, 6.07) is 2.21. The Balaban J connectivity index is 2.01. The Bertz CT molecular complexity index is 394. The highest BCUT2D eigenvalue weighted by Gasteiger charge is 2.25. The number of aryl methyl sites for hydroxylation is 2. The maximum atomic E-state index is 5.85. The van der Waals surface area contributed by atoms with E-state index in [4.69, 9.17) is 4.74 Å². The van der Waals surface area contributed by atoms with E-state index in [1.165, 1.54) is 11.4 Å². The molecule has 0 saturated carbocycles. The van der Waals surface area contributed by atoms with Crippen LogP contribution in [0.1, 0.15) is 25.2 Å². The molecular formula is C13H22BrN3O. The summed E-state index contributed by atoms with van der Waals surface area (Å²) in [5, 5.41) is 5.40. The Kier molecular flexibility index (Phi) is 4.81. The fraction of sp³-hybridized carbons (Fsp3) is 0.769. The molecule has 0 bridgehead atoms. The highest BCUT2D eigenvalue weighted by atomic mass is 79.9. The molecule has 4 nitrogen and oxygen atoms in total. The van der Waals surface area contributed by atoms with E-state index in [1.54, 1.807) is 0 Å². The van der Waals surface area contributed by atoms with Gasteiger partial charge in [0.25, 0.3) is 0 Å². The van der Waals surface area contributed by atoms with Gasteiger partial charge in [-0.1, -0.05) is 22.9 Å². The van der Waals surface area contributed by atoms with Crippen LogP contribution in [-0.2, 0) is 24.8 Å². The van der Waals surface area contributed by atoms with Crippen molar-refractivity contribution in [2.45, 2.75) is 39.0 Å². The van der Waals surface area contributed by atoms with Crippen molar-refractivity contribution >= 4 is 15.9 Å².